The van der Waals surface area contributed by atoms with Crippen molar-refractivity contribution in [1.29, 1.82) is 0 Å². The van der Waals surface area contributed by atoms with Gasteiger partial charge in [-0.1, -0.05) is 158 Å². The molecule has 1 aliphatic rings. The van der Waals surface area contributed by atoms with Gasteiger partial charge in [-0.3, -0.25) is 0 Å². The van der Waals surface area contributed by atoms with Crippen LogP contribution in [0.15, 0.2) is 221 Å². The average Bonchev–Trinajstić information content (AvgIpc) is 3.95. The summed E-state index contributed by atoms with van der Waals surface area (Å²) in [5.74, 6) is 0. The summed E-state index contributed by atoms with van der Waals surface area (Å²) in [6, 6.07) is 76.0. The van der Waals surface area contributed by atoms with Gasteiger partial charge in [0.1, 0.15) is 22.3 Å². The standard InChI is InChI=1S/C55H35NO2/c1-4-16-37(17-5-1)55(38-18-6-2-7-19-38)47-26-12-10-22-42(47)45-34-46-52(35-48(45)55)57-51-29-15-27-49(53(46)51)56(39-20-8-3-9-21-39)40-32-30-36(31-33-40)41-24-14-25-44-43-23-11-13-28-50(43)58-54(41)44/h1-35H. The first-order valence-electron chi connectivity index (χ1n) is 19.8. The molecule has 2 aromatic heterocycles. The number of para-hydroxylation sites is 3. The highest BCUT2D eigenvalue weighted by molar-refractivity contribution is 6.15. The lowest BCUT2D eigenvalue weighted by Crippen LogP contribution is -2.28. The molecule has 0 atom stereocenters. The number of fused-ring (bicyclic) bond motifs is 9. The molecule has 0 radical (unpaired) electrons. The molecular weight excluding hydrogens is 707 g/mol. The molecule has 0 aliphatic heterocycles. The molecule has 9 aromatic carbocycles. The van der Waals surface area contributed by atoms with Crippen molar-refractivity contribution in [2.45, 2.75) is 5.41 Å². The molecule has 0 spiro atoms. The summed E-state index contributed by atoms with van der Waals surface area (Å²) in [4.78, 5) is 2.35. The molecule has 3 heteroatoms. The number of hydrogen-bond acceptors (Lipinski definition) is 3. The van der Waals surface area contributed by atoms with Gasteiger partial charge in [-0.05, 0) is 93.5 Å². The lowest BCUT2D eigenvalue weighted by molar-refractivity contribution is 0.666. The number of furan rings is 2. The van der Waals surface area contributed by atoms with E-state index in [0.717, 1.165) is 72.1 Å². The Bertz CT molecular complexity index is 3290. The van der Waals surface area contributed by atoms with Crippen LogP contribution in [0, 0.1) is 0 Å². The zero-order chi connectivity index (χ0) is 38.2. The Morgan fingerprint density at radius 3 is 1.74 bits per heavy atom. The van der Waals surface area contributed by atoms with Gasteiger partial charge in [0.15, 0.2) is 0 Å². The summed E-state index contributed by atoms with van der Waals surface area (Å²) in [5, 5.41) is 4.42. The number of hydrogen-bond donors (Lipinski definition) is 0. The zero-order valence-electron chi connectivity index (χ0n) is 31.5. The highest BCUT2D eigenvalue weighted by Gasteiger charge is 2.46. The van der Waals surface area contributed by atoms with E-state index in [1.165, 1.54) is 33.4 Å². The Morgan fingerprint density at radius 2 is 0.966 bits per heavy atom. The molecule has 1 aliphatic carbocycles. The van der Waals surface area contributed by atoms with Gasteiger partial charge < -0.3 is 13.7 Å². The van der Waals surface area contributed by atoms with E-state index in [4.69, 9.17) is 8.83 Å². The van der Waals surface area contributed by atoms with Gasteiger partial charge in [0, 0.05) is 33.1 Å². The van der Waals surface area contributed by atoms with E-state index in [1.54, 1.807) is 0 Å². The Hall–Kier alpha value is -7.62. The second-order valence-electron chi connectivity index (χ2n) is 15.2. The highest BCUT2D eigenvalue weighted by atomic mass is 16.3. The van der Waals surface area contributed by atoms with E-state index in [9.17, 15) is 0 Å². The Balaban J connectivity index is 1.06. The van der Waals surface area contributed by atoms with Crippen LogP contribution in [0.3, 0.4) is 0 Å². The van der Waals surface area contributed by atoms with Gasteiger partial charge in [-0.25, -0.2) is 0 Å². The lowest BCUT2D eigenvalue weighted by atomic mass is 9.67. The largest absolute Gasteiger partial charge is 0.456 e. The summed E-state index contributed by atoms with van der Waals surface area (Å²) in [5.41, 5.74) is 15.8. The third kappa shape index (κ3) is 4.68. The highest BCUT2D eigenvalue weighted by Crippen LogP contribution is 2.58. The van der Waals surface area contributed by atoms with Crippen LogP contribution in [-0.2, 0) is 5.41 Å². The van der Waals surface area contributed by atoms with Gasteiger partial charge in [0.05, 0.1) is 16.5 Å². The second-order valence-corrected chi connectivity index (χ2v) is 15.2. The van der Waals surface area contributed by atoms with Crippen LogP contribution in [0.4, 0.5) is 17.1 Å². The lowest BCUT2D eigenvalue weighted by Gasteiger charge is -2.33. The van der Waals surface area contributed by atoms with Gasteiger partial charge in [-0.15, -0.1) is 0 Å². The molecule has 272 valence electrons. The third-order valence-electron chi connectivity index (χ3n) is 12.1. The average molecular weight is 742 g/mol. The number of benzene rings is 9. The van der Waals surface area contributed by atoms with Crippen LogP contribution in [0.25, 0.3) is 66.1 Å². The van der Waals surface area contributed by atoms with E-state index >= 15 is 0 Å². The van der Waals surface area contributed by atoms with Gasteiger partial charge in [-0.2, -0.15) is 0 Å². The zero-order valence-corrected chi connectivity index (χ0v) is 31.5. The van der Waals surface area contributed by atoms with E-state index < -0.39 is 5.41 Å². The van der Waals surface area contributed by atoms with Gasteiger partial charge >= 0.3 is 0 Å². The van der Waals surface area contributed by atoms with Crippen LogP contribution in [0.2, 0.25) is 0 Å². The van der Waals surface area contributed by atoms with Crippen LogP contribution in [0.1, 0.15) is 22.3 Å². The monoisotopic (exact) mass is 741 g/mol. The van der Waals surface area contributed by atoms with Crippen molar-refractivity contribution in [3.8, 4) is 22.3 Å². The summed E-state index contributed by atoms with van der Waals surface area (Å²) < 4.78 is 13.3. The molecule has 0 N–H and O–H groups in total. The van der Waals surface area contributed by atoms with Crippen molar-refractivity contribution in [2.75, 3.05) is 4.90 Å². The molecule has 2 heterocycles. The maximum Gasteiger partial charge on any atom is 0.143 e. The van der Waals surface area contributed by atoms with Crippen LogP contribution < -0.4 is 4.90 Å². The quantitative estimate of drug-likeness (QED) is 0.170. The van der Waals surface area contributed by atoms with Crippen LogP contribution in [0.5, 0.6) is 0 Å². The van der Waals surface area contributed by atoms with Crippen molar-refractivity contribution < 1.29 is 8.83 Å². The SMILES string of the molecule is c1ccc(N(c2ccc(-c3cccc4c3oc3ccccc34)cc2)c2cccc3oc4cc5c(cc4c23)-c2ccccc2C5(c2ccccc2)c2ccccc2)cc1. The fourth-order valence-electron chi connectivity index (χ4n) is 9.70. The normalized spacial score (nSPS) is 13.0. The van der Waals surface area contributed by atoms with Crippen molar-refractivity contribution >= 4 is 60.9 Å². The fraction of sp³-hybridized carbons (Fsp3) is 0.0182. The smallest absolute Gasteiger partial charge is 0.143 e. The number of nitrogens with zero attached hydrogens (tertiary/aromatic N) is 1. The topological polar surface area (TPSA) is 29.5 Å². The summed E-state index contributed by atoms with van der Waals surface area (Å²) in [6.45, 7) is 0. The Kier molecular flexibility index (Phi) is 7.14. The van der Waals surface area contributed by atoms with E-state index in [-0.39, 0.29) is 0 Å². The predicted molar refractivity (Wildman–Crippen MR) is 238 cm³/mol. The molecule has 58 heavy (non-hydrogen) atoms. The first kappa shape index (κ1) is 32.6. The van der Waals surface area contributed by atoms with Gasteiger partial charge in [0.25, 0.3) is 0 Å². The molecule has 0 saturated heterocycles. The fourth-order valence-corrected chi connectivity index (χ4v) is 9.70. The van der Waals surface area contributed by atoms with Gasteiger partial charge in [0.2, 0.25) is 0 Å². The minimum atomic E-state index is -0.505. The van der Waals surface area contributed by atoms with Crippen molar-refractivity contribution in [1.82, 2.24) is 0 Å². The molecule has 0 bridgehead atoms. The molecule has 3 nitrogen and oxygen atoms in total. The van der Waals surface area contributed by atoms with E-state index in [1.807, 2.05) is 12.1 Å². The molecule has 0 unspecified atom stereocenters. The first-order chi connectivity index (χ1) is 28.8. The molecule has 0 amide bonds. The van der Waals surface area contributed by atoms with Crippen molar-refractivity contribution in [3.63, 3.8) is 0 Å². The van der Waals surface area contributed by atoms with Crippen LogP contribution in [-0.4, -0.2) is 0 Å². The van der Waals surface area contributed by atoms with E-state index in [2.05, 4.69) is 205 Å². The molecule has 0 saturated carbocycles. The minimum absolute atomic E-state index is 0.505. The summed E-state index contributed by atoms with van der Waals surface area (Å²) >= 11 is 0. The molecule has 0 fully saturated rings. The third-order valence-corrected chi connectivity index (χ3v) is 12.1. The minimum Gasteiger partial charge on any atom is -0.456 e. The van der Waals surface area contributed by atoms with Crippen molar-refractivity contribution in [3.05, 3.63) is 235 Å². The maximum atomic E-state index is 6.91. The molecule has 12 rings (SSSR count). The predicted octanol–water partition coefficient (Wildman–Crippen LogP) is 15.0. The first-order valence-corrected chi connectivity index (χ1v) is 19.8. The summed E-state index contributed by atoms with van der Waals surface area (Å²) in [6.07, 6.45) is 0. The Labute approximate surface area is 335 Å². The maximum absolute atomic E-state index is 6.91. The van der Waals surface area contributed by atoms with Crippen molar-refractivity contribution in [2.24, 2.45) is 0 Å². The summed E-state index contributed by atoms with van der Waals surface area (Å²) in [7, 11) is 0. The molecular formula is C55H35NO2. The van der Waals surface area contributed by atoms with Crippen LogP contribution >= 0.6 is 0 Å². The number of anilines is 3. The number of rotatable bonds is 6. The Morgan fingerprint density at radius 1 is 0.362 bits per heavy atom. The second kappa shape index (κ2) is 12.7. The molecule has 11 aromatic rings. The van der Waals surface area contributed by atoms with E-state index in [0.29, 0.717) is 0 Å².